The Morgan fingerprint density at radius 3 is 1.02 bits per heavy atom. The molecule has 0 bridgehead atoms. The predicted molar refractivity (Wildman–Crippen MR) is 265 cm³/mol. The minimum atomic E-state index is 1.13. The molecule has 13 rings (SSSR count). The third kappa shape index (κ3) is 5.37. The lowest BCUT2D eigenvalue weighted by molar-refractivity contribution is 1.30. The van der Waals surface area contributed by atoms with Crippen molar-refractivity contribution >= 4 is 98.8 Å². The summed E-state index contributed by atoms with van der Waals surface area (Å²) in [6, 6.07) is 84.8. The molecule has 0 aliphatic heterocycles. The van der Waals surface area contributed by atoms with Crippen LogP contribution in [0.25, 0.3) is 86.9 Å². The van der Waals surface area contributed by atoms with Crippen molar-refractivity contribution in [2.45, 2.75) is 0 Å². The van der Waals surface area contributed by atoms with Crippen molar-refractivity contribution in [3.05, 3.63) is 231 Å². The summed E-state index contributed by atoms with van der Waals surface area (Å²) in [5, 5.41) is 15.0. The fourth-order valence-corrected chi connectivity index (χ4v) is 10.1. The Morgan fingerprint density at radius 1 is 0.194 bits per heavy atom. The van der Waals surface area contributed by atoms with Gasteiger partial charge in [0.15, 0.2) is 0 Å². The SMILES string of the molecule is c1ccc(N(c2ccc3cc4c(cc3c2)-c2cc3cc(N(c5ccccc5)c5cccc6c5ccc5ccccc56)ccc3cc2-4)c2cccc3c2ccc2ccccc23)cc1. The molecule has 2 nitrogen and oxygen atoms in total. The van der Waals surface area contributed by atoms with E-state index in [9.17, 15) is 0 Å². The molecule has 0 N–H and O–H groups in total. The van der Waals surface area contributed by atoms with E-state index in [1.165, 1.54) is 86.9 Å². The molecular formula is C60H38N2. The van der Waals surface area contributed by atoms with Gasteiger partial charge < -0.3 is 9.80 Å². The van der Waals surface area contributed by atoms with Gasteiger partial charge in [-0.05, 0) is 161 Å². The van der Waals surface area contributed by atoms with Gasteiger partial charge in [-0.1, -0.05) is 146 Å². The van der Waals surface area contributed by atoms with E-state index in [4.69, 9.17) is 0 Å². The number of nitrogens with zero attached hydrogens (tertiary/aromatic N) is 2. The van der Waals surface area contributed by atoms with Crippen molar-refractivity contribution in [1.82, 2.24) is 0 Å². The number of hydrogen-bond donors (Lipinski definition) is 0. The maximum atomic E-state index is 2.41. The zero-order chi connectivity index (χ0) is 40.7. The molecular weight excluding hydrogens is 749 g/mol. The van der Waals surface area contributed by atoms with E-state index in [0.717, 1.165) is 34.1 Å². The van der Waals surface area contributed by atoms with Gasteiger partial charge in [0, 0.05) is 33.5 Å². The molecule has 12 aromatic carbocycles. The van der Waals surface area contributed by atoms with Crippen LogP contribution in [0.3, 0.4) is 0 Å². The Bertz CT molecular complexity index is 3510. The Balaban J connectivity index is 0.926. The number of hydrogen-bond acceptors (Lipinski definition) is 2. The molecule has 0 aromatic heterocycles. The van der Waals surface area contributed by atoms with E-state index in [2.05, 4.69) is 240 Å². The number of benzene rings is 12. The van der Waals surface area contributed by atoms with Crippen LogP contribution in [0.2, 0.25) is 0 Å². The predicted octanol–water partition coefficient (Wildman–Crippen LogP) is 17.2. The lowest BCUT2D eigenvalue weighted by Crippen LogP contribution is -2.10. The average Bonchev–Trinajstić information content (AvgIpc) is 3.34. The first-order valence-corrected chi connectivity index (χ1v) is 21.4. The second kappa shape index (κ2) is 13.7. The topological polar surface area (TPSA) is 6.48 Å². The second-order valence-corrected chi connectivity index (χ2v) is 16.5. The highest BCUT2D eigenvalue weighted by molar-refractivity contribution is 6.16. The van der Waals surface area contributed by atoms with Gasteiger partial charge in [0.1, 0.15) is 0 Å². The van der Waals surface area contributed by atoms with Gasteiger partial charge in [-0.25, -0.2) is 0 Å². The first-order chi connectivity index (χ1) is 30.7. The maximum absolute atomic E-state index is 2.41. The molecule has 0 saturated heterocycles. The Morgan fingerprint density at radius 2 is 0.565 bits per heavy atom. The first-order valence-electron chi connectivity index (χ1n) is 21.4. The summed E-state index contributed by atoms with van der Waals surface area (Å²) < 4.78 is 0. The molecule has 0 amide bonds. The van der Waals surface area contributed by atoms with E-state index < -0.39 is 0 Å². The molecule has 0 spiro atoms. The van der Waals surface area contributed by atoms with Crippen molar-refractivity contribution in [3.63, 3.8) is 0 Å². The molecule has 288 valence electrons. The highest BCUT2D eigenvalue weighted by Crippen LogP contribution is 2.52. The molecule has 2 heteroatoms. The van der Waals surface area contributed by atoms with Crippen molar-refractivity contribution in [2.75, 3.05) is 9.80 Å². The van der Waals surface area contributed by atoms with Crippen LogP contribution in [-0.4, -0.2) is 0 Å². The Kier molecular flexibility index (Phi) is 7.64. The second-order valence-electron chi connectivity index (χ2n) is 16.5. The summed E-state index contributed by atoms with van der Waals surface area (Å²) in [6.45, 7) is 0. The van der Waals surface area contributed by atoms with Gasteiger partial charge in [0.2, 0.25) is 0 Å². The van der Waals surface area contributed by atoms with Gasteiger partial charge in [-0.2, -0.15) is 0 Å². The summed E-state index contributed by atoms with van der Waals surface area (Å²) in [5.41, 5.74) is 12.1. The summed E-state index contributed by atoms with van der Waals surface area (Å²) in [7, 11) is 0. The fourth-order valence-electron chi connectivity index (χ4n) is 10.1. The van der Waals surface area contributed by atoms with Gasteiger partial charge in [0.25, 0.3) is 0 Å². The molecule has 0 unspecified atom stereocenters. The van der Waals surface area contributed by atoms with Crippen LogP contribution in [0, 0.1) is 0 Å². The monoisotopic (exact) mass is 786 g/mol. The van der Waals surface area contributed by atoms with E-state index >= 15 is 0 Å². The lowest BCUT2D eigenvalue weighted by atomic mass is 9.78. The molecule has 12 aromatic rings. The average molecular weight is 787 g/mol. The van der Waals surface area contributed by atoms with Crippen molar-refractivity contribution in [2.24, 2.45) is 0 Å². The molecule has 1 aliphatic rings. The molecule has 1 aliphatic carbocycles. The fraction of sp³-hybridized carbons (Fsp3) is 0. The maximum Gasteiger partial charge on any atom is 0.0540 e. The van der Waals surface area contributed by atoms with Gasteiger partial charge in [0.05, 0.1) is 11.4 Å². The van der Waals surface area contributed by atoms with Crippen molar-refractivity contribution < 1.29 is 0 Å². The molecule has 0 radical (unpaired) electrons. The van der Waals surface area contributed by atoms with E-state index in [0.29, 0.717) is 0 Å². The molecule has 0 heterocycles. The lowest BCUT2D eigenvalue weighted by Gasteiger charge is -2.29. The zero-order valence-electron chi connectivity index (χ0n) is 33.8. The highest BCUT2D eigenvalue weighted by atomic mass is 15.1. The quantitative estimate of drug-likeness (QED) is 0.155. The molecule has 0 atom stereocenters. The van der Waals surface area contributed by atoms with Crippen LogP contribution in [0.1, 0.15) is 0 Å². The summed E-state index contributed by atoms with van der Waals surface area (Å²) >= 11 is 0. The normalized spacial score (nSPS) is 11.9. The summed E-state index contributed by atoms with van der Waals surface area (Å²) in [5.74, 6) is 0. The van der Waals surface area contributed by atoms with Crippen LogP contribution in [0.4, 0.5) is 34.1 Å². The van der Waals surface area contributed by atoms with Crippen LogP contribution >= 0.6 is 0 Å². The van der Waals surface area contributed by atoms with Crippen molar-refractivity contribution in [3.8, 4) is 22.3 Å². The van der Waals surface area contributed by atoms with Crippen LogP contribution in [-0.2, 0) is 0 Å². The highest BCUT2D eigenvalue weighted by Gasteiger charge is 2.25. The summed E-state index contributed by atoms with van der Waals surface area (Å²) in [4.78, 5) is 4.82. The number of anilines is 6. The molecule has 62 heavy (non-hydrogen) atoms. The zero-order valence-corrected chi connectivity index (χ0v) is 33.8. The molecule has 0 fully saturated rings. The minimum Gasteiger partial charge on any atom is -0.310 e. The van der Waals surface area contributed by atoms with E-state index in [-0.39, 0.29) is 0 Å². The Labute approximate surface area is 359 Å². The van der Waals surface area contributed by atoms with E-state index in [1.54, 1.807) is 0 Å². The third-order valence-corrected chi connectivity index (χ3v) is 13.1. The van der Waals surface area contributed by atoms with Gasteiger partial charge in [-0.15, -0.1) is 0 Å². The van der Waals surface area contributed by atoms with Crippen LogP contribution in [0.5, 0.6) is 0 Å². The minimum absolute atomic E-state index is 1.13. The molecule has 0 saturated carbocycles. The smallest absolute Gasteiger partial charge is 0.0540 e. The number of fused-ring (bicyclic) bond motifs is 12. The summed E-state index contributed by atoms with van der Waals surface area (Å²) in [6.07, 6.45) is 0. The van der Waals surface area contributed by atoms with Crippen LogP contribution in [0.15, 0.2) is 231 Å². The van der Waals surface area contributed by atoms with Crippen molar-refractivity contribution in [1.29, 1.82) is 0 Å². The Hall–Kier alpha value is -8.20. The third-order valence-electron chi connectivity index (χ3n) is 13.1. The largest absolute Gasteiger partial charge is 0.310 e. The van der Waals surface area contributed by atoms with Gasteiger partial charge >= 0.3 is 0 Å². The van der Waals surface area contributed by atoms with Gasteiger partial charge in [-0.3, -0.25) is 0 Å². The van der Waals surface area contributed by atoms with Crippen LogP contribution < -0.4 is 9.80 Å². The standard InChI is InChI=1S/C60H38N2/c1-3-15-45(16-4-1)61(59-23-11-21-51-49-19-9-7-13-39(49)27-31-53(51)59)47-29-25-41-35-55-56-36-42-26-30-48(34-44(42)38-58(56)57(55)37-43(41)33-47)62(46-17-5-2-6-18-46)60-24-12-22-52-50-20-10-8-14-40(50)28-32-54(52)60/h1-38H. The van der Waals surface area contributed by atoms with E-state index in [1.807, 2.05) is 0 Å². The first kappa shape index (κ1) is 34.6. The number of para-hydroxylation sites is 2. The number of rotatable bonds is 6.